The Morgan fingerprint density at radius 1 is 1.24 bits per heavy atom. The topological polar surface area (TPSA) is 121 Å². The Kier molecular flexibility index (Phi) is 6.10. The third kappa shape index (κ3) is 4.52. The van der Waals surface area contributed by atoms with Crippen molar-refractivity contribution in [1.29, 1.82) is 0 Å². The maximum absolute atomic E-state index is 12.4. The number of hydrogen-bond donors (Lipinski definition) is 3. The van der Waals surface area contributed by atoms with E-state index in [1.807, 2.05) is 6.07 Å². The summed E-state index contributed by atoms with van der Waals surface area (Å²) in [7, 11) is -0.982. The Labute approximate surface area is 173 Å². The van der Waals surface area contributed by atoms with E-state index in [1.165, 1.54) is 20.2 Å². The van der Waals surface area contributed by atoms with Gasteiger partial charge in [-0.1, -0.05) is 19.9 Å². The molecular weight excluding hydrogens is 414 g/mol. The van der Waals surface area contributed by atoms with Gasteiger partial charge in [0.15, 0.2) is 17.4 Å². The fraction of sp³-hybridized carbons (Fsp3) is 0.333. The molecule has 0 radical (unpaired) electrons. The van der Waals surface area contributed by atoms with Crippen molar-refractivity contribution < 1.29 is 17.9 Å². The van der Waals surface area contributed by atoms with Crippen LogP contribution in [0.1, 0.15) is 31.1 Å². The van der Waals surface area contributed by atoms with Gasteiger partial charge >= 0.3 is 0 Å². The molecule has 2 heterocycles. The van der Waals surface area contributed by atoms with Gasteiger partial charge in [-0.3, -0.25) is 0 Å². The zero-order valence-corrected chi connectivity index (χ0v) is 18.1. The molecule has 0 unspecified atom stereocenters. The van der Waals surface area contributed by atoms with Crippen molar-refractivity contribution in [3.63, 3.8) is 0 Å². The van der Waals surface area contributed by atoms with Crippen LogP contribution in [0.25, 0.3) is 0 Å². The molecule has 9 nitrogen and oxygen atoms in total. The van der Waals surface area contributed by atoms with E-state index in [9.17, 15) is 13.5 Å². The van der Waals surface area contributed by atoms with E-state index in [0.717, 1.165) is 27.4 Å². The minimum absolute atomic E-state index is 0.193. The second-order valence-electron chi connectivity index (χ2n) is 6.88. The van der Waals surface area contributed by atoms with Crippen molar-refractivity contribution in [2.45, 2.75) is 31.2 Å². The lowest BCUT2D eigenvalue weighted by molar-refractivity contribution is 0.454. The van der Waals surface area contributed by atoms with E-state index in [0.29, 0.717) is 24.1 Å². The predicted molar refractivity (Wildman–Crippen MR) is 112 cm³/mol. The molecule has 0 aliphatic rings. The molecule has 0 amide bonds. The first-order chi connectivity index (χ1) is 13.7. The lowest BCUT2D eigenvalue weighted by atomic mass is 10.1. The Morgan fingerprint density at radius 2 is 1.97 bits per heavy atom. The average Bonchev–Trinajstić information content (AvgIpc) is 3.30. The third-order valence-corrected chi connectivity index (χ3v) is 6.65. The number of phenolic OH excluding ortho intramolecular Hbond substituents is 1. The number of nitrogens with one attached hydrogen (secondary N) is 2. The molecule has 0 aliphatic carbocycles. The van der Waals surface area contributed by atoms with Crippen molar-refractivity contribution >= 4 is 39.1 Å². The SMILES string of the molecule is CC(C)c1coc(CNc2nsnc2Nc2cccc(S(=O)(=O)N(C)C)c2O)c1. The van der Waals surface area contributed by atoms with Crippen LogP contribution >= 0.6 is 11.7 Å². The number of aromatic hydroxyl groups is 1. The number of hydrogen-bond acceptors (Lipinski definition) is 9. The first-order valence-electron chi connectivity index (χ1n) is 8.85. The van der Waals surface area contributed by atoms with Crippen molar-refractivity contribution in [1.82, 2.24) is 13.1 Å². The molecule has 3 N–H and O–H groups in total. The first kappa shape index (κ1) is 21.1. The third-order valence-electron chi connectivity index (χ3n) is 4.27. The molecule has 156 valence electrons. The van der Waals surface area contributed by atoms with Crippen LogP contribution in [0.3, 0.4) is 0 Å². The summed E-state index contributed by atoms with van der Waals surface area (Å²) in [6.07, 6.45) is 1.73. The van der Waals surface area contributed by atoms with Gasteiger partial charge in [-0.25, -0.2) is 12.7 Å². The standard InChI is InChI=1S/C18H23N5O4S2/c1-11(2)12-8-13(27-10-12)9-19-17-18(22-28-21-17)20-14-6-5-7-15(16(14)24)29(25,26)23(3)4/h5-8,10-11,24H,9H2,1-4H3,(H,19,21)(H,20,22). The molecule has 2 aromatic heterocycles. The highest BCUT2D eigenvalue weighted by molar-refractivity contribution is 7.89. The van der Waals surface area contributed by atoms with E-state index in [1.54, 1.807) is 18.4 Å². The lowest BCUT2D eigenvalue weighted by Crippen LogP contribution is -2.22. The normalized spacial score (nSPS) is 11.9. The molecule has 0 saturated heterocycles. The Hall–Kier alpha value is -2.63. The summed E-state index contributed by atoms with van der Waals surface area (Å²) < 4.78 is 39.7. The lowest BCUT2D eigenvalue weighted by Gasteiger charge is -2.15. The summed E-state index contributed by atoms with van der Waals surface area (Å²) in [5.74, 6) is 1.60. The number of sulfonamides is 1. The smallest absolute Gasteiger partial charge is 0.246 e. The van der Waals surface area contributed by atoms with Crippen molar-refractivity contribution in [3.8, 4) is 5.75 Å². The number of benzene rings is 1. The molecule has 1 aromatic carbocycles. The summed E-state index contributed by atoms with van der Waals surface area (Å²) in [4.78, 5) is -0.193. The molecule has 0 aliphatic heterocycles. The monoisotopic (exact) mass is 437 g/mol. The zero-order valence-electron chi connectivity index (χ0n) is 16.5. The zero-order chi connectivity index (χ0) is 21.2. The number of furan rings is 1. The van der Waals surface area contributed by atoms with Crippen molar-refractivity contribution in [2.75, 3.05) is 24.7 Å². The molecular formula is C18H23N5O4S2. The summed E-state index contributed by atoms with van der Waals surface area (Å²) in [6, 6.07) is 6.43. The number of anilines is 3. The van der Waals surface area contributed by atoms with Gasteiger partial charge in [0.25, 0.3) is 0 Å². The van der Waals surface area contributed by atoms with Crippen LogP contribution in [0.4, 0.5) is 17.3 Å². The second-order valence-corrected chi connectivity index (χ2v) is 9.53. The number of rotatable bonds is 8. The van der Waals surface area contributed by atoms with E-state index < -0.39 is 10.0 Å². The molecule has 11 heteroatoms. The average molecular weight is 438 g/mol. The highest BCUT2D eigenvalue weighted by atomic mass is 32.2. The maximum Gasteiger partial charge on any atom is 0.246 e. The van der Waals surface area contributed by atoms with Crippen LogP contribution in [0.15, 0.2) is 39.8 Å². The van der Waals surface area contributed by atoms with Crippen LogP contribution in [0, 0.1) is 0 Å². The highest BCUT2D eigenvalue weighted by Gasteiger charge is 2.23. The largest absolute Gasteiger partial charge is 0.504 e. The number of phenols is 1. The van der Waals surface area contributed by atoms with Crippen LogP contribution in [0.2, 0.25) is 0 Å². The molecule has 0 bridgehead atoms. The van der Waals surface area contributed by atoms with Crippen LogP contribution in [0.5, 0.6) is 5.75 Å². The van der Waals surface area contributed by atoms with Gasteiger partial charge in [0.2, 0.25) is 10.0 Å². The summed E-state index contributed by atoms with van der Waals surface area (Å²) in [5, 5.41) is 16.6. The minimum Gasteiger partial charge on any atom is -0.504 e. The van der Waals surface area contributed by atoms with Crippen molar-refractivity contribution in [3.05, 3.63) is 41.9 Å². The number of para-hydroxylation sites is 1. The molecule has 3 rings (SSSR count). The van der Waals surface area contributed by atoms with Crippen LogP contribution < -0.4 is 10.6 Å². The quantitative estimate of drug-likeness (QED) is 0.458. The van der Waals surface area contributed by atoms with Gasteiger partial charge in [-0.2, -0.15) is 8.75 Å². The number of aromatic nitrogens is 2. The van der Waals surface area contributed by atoms with Gasteiger partial charge in [-0.05, 0) is 29.7 Å². The first-order valence-corrected chi connectivity index (χ1v) is 11.0. The summed E-state index contributed by atoms with van der Waals surface area (Å²) in [6.45, 7) is 4.59. The fourth-order valence-corrected chi connectivity index (χ4v) is 3.99. The molecule has 0 atom stereocenters. The molecule has 29 heavy (non-hydrogen) atoms. The van der Waals surface area contributed by atoms with Gasteiger partial charge < -0.3 is 20.2 Å². The fourth-order valence-electron chi connectivity index (χ4n) is 2.51. The van der Waals surface area contributed by atoms with Gasteiger partial charge in [-0.15, -0.1) is 0 Å². The molecule has 0 spiro atoms. The van der Waals surface area contributed by atoms with E-state index in [-0.39, 0.29) is 16.3 Å². The summed E-state index contributed by atoms with van der Waals surface area (Å²) in [5.41, 5.74) is 1.32. The van der Waals surface area contributed by atoms with E-state index in [2.05, 4.69) is 33.2 Å². The Bertz CT molecular complexity index is 1090. The number of nitrogens with zero attached hydrogens (tertiary/aromatic N) is 3. The minimum atomic E-state index is -3.79. The predicted octanol–water partition coefficient (Wildman–Crippen LogP) is 3.57. The maximum atomic E-state index is 12.4. The second kappa shape index (κ2) is 8.39. The Morgan fingerprint density at radius 3 is 2.62 bits per heavy atom. The summed E-state index contributed by atoms with van der Waals surface area (Å²) >= 11 is 0.987. The van der Waals surface area contributed by atoms with E-state index in [4.69, 9.17) is 4.42 Å². The highest BCUT2D eigenvalue weighted by Crippen LogP contribution is 2.35. The van der Waals surface area contributed by atoms with E-state index >= 15 is 0 Å². The van der Waals surface area contributed by atoms with Crippen molar-refractivity contribution in [2.24, 2.45) is 0 Å². The molecule has 0 saturated carbocycles. The molecule has 3 aromatic rings. The van der Waals surface area contributed by atoms with Crippen LogP contribution in [-0.2, 0) is 16.6 Å². The van der Waals surface area contributed by atoms with Crippen LogP contribution in [-0.4, -0.2) is 40.7 Å². The van der Waals surface area contributed by atoms with Gasteiger partial charge in [0.1, 0.15) is 10.7 Å². The molecule has 0 fully saturated rings. The Balaban J connectivity index is 1.78. The van der Waals surface area contributed by atoms with Gasteiger partial charge in [0, 0.05) is 14.1 Å². The van der Waals surface area contributed by atoms with Gasteiger partial charge in [0.05, 0.1) is 30.2 Å².